The van der Waals surface area contributed by atoms with Gasteiger partial charge in [-0.3, -0.25) is 4.79 Å². The summed E-state index contributed by atoms with van der Waals surface area (Å²) in [7, 11) is 0. The topological polar surface area (TPSA) is 60.1 Å². The Balaban J connectivity index is 1.40. The molecule has 2 aromatic rings. The van der Waals surface area contributed by atoms with Crippen molar-refractivity contribution in [2.75, 3.05) is 6.54 Å². The Hall–Kier alpha value is -1.81. The SMILES string of the molecule is NC(CC(=O)NCCCn1ccc2ccccc21)C1CC1. The van der Waals surface area contributed by atoms with Crippen molar-refractivity contribution in [3.05, 3.63) is 36.5 Å². The Labute approximate surface area is 125 Å². The van der Waals surface area contributed by atoms with E-state index in [0.717, 1.165) is 13.0 Å². The summed E-state index contributed by atoms with van der Waals surface area (Å²) < 4.78 is 2.23. The van der Waals surface area contributed by atoms with E-state index in [2.05, 4.69) is 46.4 Å². The molecule has 0 saturated heterocycles. The number of aromatic nitrogens is 1. The largest absolute Gasteiger partial charge is 0.356 e. The van der Waals surface area contributed by atoms with Crippen LogP contribution in [0.5, 0.6) is 0 Å². The Kier molecular flexibility index (Phi) is 4.25. The average Bonchev–Trinajstić information content (AvgIpc) is 3.26. The van der Waals surface area contributed by atoms with Crippen LogP contribution in [-0.2, 0) is 11.3 Å². The highest BCUT2D eigenvalue weighted by Gasteiger charge is 2.29. The molecule has 1 amide bonds. The molecule has 3 rings (SSSR count). The fraction of sp³-hybridized carbons (Fsp3) is 0.471. The normalized spacial score (nSPS) is 16.0. The Morgan fingerprint density at radius 2 is 2.14 bits per heavy atom. The number of nitrogens with one attached hydrogen (secondary N) is 1. The summed E-state index contributed by atoms with van der Waals surface area (Å²) in [4.78, 5) is 11.8. The van der Waals surface area contributed by atoms with Crippen LogP contribution >= 0.6 is 0 Å². The van der Waals surface area contributed by atoms with Crippen LogP contribution in [0.4, 0.5) is 0 Å². The lowest BCUT2D eigenvalue weighted by atomic mass is 10.1. The molecule has 1 unspecified atom stereocenters. The number of rotatable bonds is 7. The molecule has 1 aliphatic rings. The van der Waals surface area contributed by atoms with E-state index in [9.17, 15) is 4.79 Å². The minimum atomic E-state index is 0.0541. The first-order valence-electron chi connectivity index (χ1n) is 7.80. The number of carbonyl (C=O) groups excluding carboxylic acids is 1. The highest BCUT2D eigenvalue weighted by atomic mass is 16.1. The third-order valence-electron chi connectivity index (χ3n) is 4.23. The number of fused-ring (bicyclic) bond motifs is 1. The van der Waals surface area contributed by atoms with Gasteiger partial charge < -0.3 is 15.6 Å². The molecular weight excluding hydrogens is 262 g/mol. The Morgan fingerprint density at radius 1 is 1.33 bits per heavy atom. The summed E-state index contributed by atoms with van der Waals surface area (Å²) >= 11 is 0. The number of nitrogens with zero attached hydrogens (tertiary/aromatic N) is 1. The molecule has 1 atom stereocenters. The number of carbonyl (C=O) groups is 1. The van der Waals surface area contributed by atoms with Crippen molar-refractivity contribution in [2.45, 2.75) is 38.3 Å². The molecule has 0 radical (unpaired) electrons. The molecule has 1 heterocycles. The number of benzene rings is 1. The first kappa shape index (κ1) is 14.1. The van der Waals surface area contributed by atoms with Gasteiger partial charge in [0.15, 0.2) is 0 Å². The smallest absolute Gasteiger partial charge is 0.221 e. The predicted molar refractivity (Wildman–Crippen MR) is 84.9 cm³/mol. The highest BCUT2D eigenvalue weighted by molar-refractivity contribution is 5.79. The van der Waals surface area contributed by atoms with E-state index in [-0.39, 0.29) is 11.9 Å². The van der Waals surface area contributed by atoms with Gasteiger partial charge >= 0.3 is 0 Å². The third kappa shape index (κ3) is 3.64. The molecule has 1 aromatic heterocycles. The Bertz CT molecular complexity index is 615. The van der Waals surface area contributed by atoms with Gasteiger partial charge in [0.05, 0.1) is 0 Å². The molecule has 0 aliphatic heterocycles. The van der Waals surface area contributed by atoms with Gasteiger partial charge in [0.1, 0.15) is 0 Å². The minimum Gasteiger partial charge on any atom is -0.356 e. The van der Waals surface area contributed by atoms with Crippen molar-refractivity contribution < 1.29 is 4.79 Å². The van der Waals surface area contributed by atoms with Gasteiger partial charge in [0, 0.05) is 37.3 Å². The summed E-state index contributed by atoms with van der Waals surface area (Å²) in [5.74, 6) is 0.675. The van der Waals surface area contributed by atoms with Crippen molar-refractivity contribution in [2.24, 2.45) is 11.7 Å². The first-order chi connectivity index (χ1) is 10.2. The minimum absolute atomic E-state index is 0.0541. The van der Waals surface area contributed by atoms with Crippen LogP contribution in [0.2, 0.25) is 0 Å². The zero-order valence-electron chi connectivity index (χ0n) is 12.3. The van der Waals surface area contributed by atoms with Crippen molar-refractivity contribution in [3.8, 4) is 0 Å². The molecule has 1 fully saturated rings. The van der Waals surface area contributed by atoms with Gasteiger partial charge in [0.25, 0.3) is 0 Å². The molecule has 1 aliphatic carbocycles. The van der Waals surface area contributed by atoms with E-state index < -0.39 is 0 Å². The van der Waals surface area contributed by atoms with Gasteiger partial charge in [0.2, 0.25) is 5.91 Å². The highest BCUT2D eigenvalue weighted by Crippen LogP contribution is 2.32. The monoisotopic (exact) mass is 285 g/mol. The molecule has 4 heteroatoms. The molecule has 4 nitrogen and oxygen atoms in total. The van der Waals surface area contributed by atoms with Crippen molar-refractivity contribution in [1.82, 2.24) is 9.88 Å². The van der Waals surface area contributed by atoms with Gasteiger partial charge in [-0.25, -0.2) is 0 Å². The van der Waals surface area contributed by atoms with E-state index in [1.165, 1.54) is 23.7 Å². The summed E-state index contributed by atoms with van der Waals surface area (Å²) in [6.45, 7) is 1.63. The van der Waals surface area contributed by atoms with E-state index in [1.54, 1.807) is 0 Å². The fourth-order valence-corrected chi connectivity index (χ4v) is 2.79. The fourth-order valence-electron chi connectivity index (χ4n) is 2.79. The lowest BCUT2D eigenvalue weighted by Crippen LogP contribution is -2.33. The number of hydrogen-bond donors (Lipinski definition) is 2. The van der Waals surface area contributed by atoms with Crippen LogP contribution in [-0.4, -0.2) is 23.1 Å². The summed E-state index contributed by atoms with van der Waals surface area (Å²) in [6, 6.07) is 10.5. The molecule has 21 heavy (non-hydrogen) atoms. The molecule has 0 spiro atoms. The maximum Gasteiger partial charge on any atom is 0.221 e. The maximum absolute atomic E-state index is 11.8. The standard InChI is InChI=1S/C17H23N3O/c18-15(13-6-7-13)12-17(21)19-9-3-10-20-11-8-14-4-1-2-5-16(14)20/h1-2,4-5,8,11,13,15H,3,6-7,9-10,12,18H2,(H,19,21). The van der Waals surface area contributed by atoms with Gasteiger partial charge in [-0.2, -0.15) is 0 Å². The number of aryl methyl sites for hydroxylation is 1. The van der Waals surface area contributed by atoms with Gasteiger partial charge in [-0.05, 0) is 42.7 Å². The number of para-hydroxylation sites is 1. The molecule has 1 saturated carbocycles. The summed E-state index contributed by atoms with van der Waals surface area (Å²) in [5, 5.41) is 4.24. The van der Waals surface area contributed by atoms with Gasteiger partial charge in [-0.1, -0.05) is 18.2 Å². The van der Waals surface area contributed by atoms with Crippen LogP contribution in [0.25, 0.3) is 10.9 Å². The predicted octanol–water partition coefficient (Wildman–Crippen LogP) is 2.27. The number of nitrogens with two attached hydrogens (primary N) is 1. The van der Waals surface area contributed by atoms with Crippen LogP contribution < -0.4 is 11.1 Å². The average molecular weight is 285 g/mol. The number of amides is 1. The zero-order chi connectivity index (χ0) is 14.7. The van der Waals surface area contributed by atoms with E-state index in [0.29, 0.717) is 18.9 Å². The third-order valence-corrected chi connectivity index (χ3v) is 4.23. The zero-order valence-corrected chi connectivity index (χ0v) is 12.3. The Morgan fingerprint density at radius 3 is 2.95 bits per heavy atom. The quantitative estimate of drug-likeness (QED) is 0.767. The molecular formula is C17H23N3O. The van der Waals surface area contributed by atoms with E-state index >= 15 is 0 Å². The van der Waals surface area contributed by atoms with Crippen LogP contribution in [0.3, 0.4) is 0 Å². The lowest BCUT2D eigenvalue weighted by molar-refractivity contribution is -0.121. The van der Waals surface area contributed by atoms with Crippen molar-refractivity contribution >= 4 is 16.8 Å². The first-order valence-corrected chi connectivity index (χ1v) is 7.80. The van der Waals surface area contributed by atoms with Crippen LogP contribution in [0, 0.1) is 5.92 Å². The summed E-state index contributed by atoms with van der Waals surface area (Å²) in [5.41, 5.74) is 7.21. The van der Waals surface area contributed by atoms with Crippen LogP contribution in [0.1, 0.15) is 25.7 Å². The number of hydrogen-bond acceptors (Lipinski definition) is 2. The van der Waals surface area contributed by atoms with Crippen molar-refractivity contribution in [3.63, 3.8) is 0 Å². The van der Waals surface area contributed by atoms with Gasteiger partial charge in [-0.15, -0.1) is 0 Å². The second kappa shape index (κ2) is 6.31. The second-order valence-corrected chi connectivity index (χ2v) is 5.98. The molecule has 1 aromatic carbocycles. The van der Waals surface area contributed by atoms with Crippen LogP contribution in [0.15, 0.2) is 36.5 Å². The van der Waals surface area contributed by atoms with E-state index in [4.69, 9.17) is 5.73 Å². The molecule has 112 valence electrons. The molecule has 3 N–H and O–H groups in total. The lowest BCUT2D eigenvalue weighted by Gasteiger charge is -2.11. The second-order valence-electron chi connectivity index (χ2n) is 5.98. The van der Waals surface area contributed by atoms with Crippen molar-refractivity contribution in [1.29, 1.82) is 0 Å². The molecule has 0 bridgehead atoms. The summed E-state index contributed by atoms with van der Waals surface area (Å²) in [6.07, 6.45) is 5.89. The van der Waals surface area contributed by atoms with E-state index in [1.807, 2.05) is 0 Å². The maximum atomic E-state index is 11.8.